The Morgan fingerprint density at radius 1 is 1.36 bits per heavy atom. The van der Waals surface area contributed by atoms with Crippen LogP contribution in [0.25, 0.3) is 0 Å². The smallest absolute Gasteiger partial charge is 0.0835 e. The Morgan fingerprint density at radius 2 is 2.00 bits per heavy atom. The van der Waals surface area contributed by atoms with Crippen molar-refractivity contribution in [3.8, 4) is 0 Å². The molecule has 3 heteroatoms. The van der Waals surface area contributed by atoms with Crippen molar-refractivity contribution in [3.05, 3.63) is 29.8 Å². The van der Waals surface area contributed by atoms with Gasteiger partial charge < -0.3 is 10.4 Å². The van der Waals surface area contributed by atoms with E-state index >= 15 is 0 Å². The highest BCUT2D eigenvalue weighted by Gasteiger charge is 1.89. The van der Waals surface area contributed by atoms with Crippen molar-refractivity contribution in [1.29, 1.82) is 5.41 Å². The molecule has 0 radical (unpaired) electrons. The molecule has 0 aliphatic rings. The quantitative estimate of drug-likeness (QED) is 0.448. The van der Waals surface area contributed by atoms with Crippen molar-refractivity contribution in [1.82, 2.24) is 0 Å². The van der Waals surface area contributed by atoms with Crippen LogP contribution in [-0.4, -0.2) is 11.4 Å². The van der Waals surface area contributed by atoms with E-state index in [2.05, 4.69) is 5.32 Å². The zero-order valence-corrected chi connectivity index (χ0v) is 6.04. The number of anilines is 1. The maximum atomic E-state index is 8.69. The topological polar surface area (TPSA) is 56.1 Å². The molecule has 0 aliphatic carbocycles. The fourth-order valence-corrected chi connectivity index (χ4v) is 0.790. The molecular weight excluding hydrogens is 140 g/mol. The molecule has 3 N–H and O–H groups in total. The third-order valence-corrected chi connectivity index (χ3v) is 1.38. The van der Waals surface area contributed by atoms with E-state index in [4.69, 9.17) is 10.5 Å². The van der Waals surface area contributed by atoms with Gasteiger partial charge in [-0.2, -0.15) is 0 Å². The summed E-state index contributed by atoms with van der Waals surface area (Å²) in [5.41, 5.74) is 1.73. The number of benzene rings is 1. The van der Waals surface area contributed by atoms with Crippen LogP contribution in [0.4, 0.5) is 5.69 Å². The summed E-state index contributed by atoms with van der Waals surface area (Å²) < 4.78 is 0. The summed E-state index contributed by atoms with van der Waals surface area (Å²) in [7, 11) is 0. The Bertz CT molecular complexity index is 230. The monoisotopic (exact) mass is 150 g/mol. The zero-order valence-electron chi connectivity index (χ0n) is 6.04. The van der Waals surface area contributed by atoms with Crippen molar-refractivity contribution in [3.63, 3.8) is 0 Å². The zero-order chi connectivity index (χ0) is 8.10. The van der Waals surface area contributed by atoms with Crippen LogP contribution in [0.15, 0.2) is 24.3 Å². The number of aliphatic hydroxyl groups is 1. The van der Waals surface area contributed by atoms with Crippen molar-refractivity contribution in [2.75, 3.05) is 5.32 Å². The first-order valence-electron chi connectivity index (χ1n) is 3.32. The van der Waals surface area contributed by atoms with Gasteiger partial charge in [-0.25, -0.2) is 0 Å². The molecule has 0 amide bonds. The van der Waals surface area contributed by atoms with Crippen LogP contribution >= 0.6 is 0 Å². The molecule has 0 spiro atoms. The summed E-state index contributed by atoms with van der Waals surface area (Å²) in [6, 6.07) is 7.25. The summed E-state index contributed by atoms with van der Waals surface area (Å²) in [6.45, 7) is 0.0604. The van der Waals surface area contributed by atoms with Crippen molar-refractivity contribution in [2.45, 2.75) is 6.61 Å². The van der Waals surface area contributed by atoms with E-state index in [1.54, 1.807) is 0 Å². The standard InChI is InChI=1S/C8H10N2O/c9-6-10-8-3-1-7(5-11)2-4-8/h1-4,6,11H,5H2,(H2,9,10). The number of hydrogen-bond acceptors (Lipinski definition) is 2. The first-order chi connectivity index (χ1) is 5.36. The Labute approximate surface area is 65.2 Å². The first-order valence-corrected chi connectivity index (χ1v) is 3.32. The Hall–Kier alpha value is -1.35. The fraction of sp³-hybridized carbons (Fsp3) is 0.125. The van der Waals surface area contributed by atoms with Crippen LogP contribution in [0, 0.1) is 5.41 Å². The van der Waals surface area contributed by atoms with Gasteiger partial charge in [0.05, 0.1) is 12.9 Å². The molecular formula is C8H10N2O. The van der Waals surface area contributed by atoms with Crippen molar-refractivity contribution < 1.29 is 5.11 Å². The lowest BCUT2D eigenvalue weighted by Gasteiger charge is -1.99. The molecule has 1 rings (SSSR count). The van der Waals surface area contributed by atoms with Crippen LogP contribution in [0.3, 0.4) is 0 Å². The average Bonchev–Trinajstić information content (AvgIpc) is 2.07. The number of nitrogens with one attached hydrogen (secondary N) is 2. The molecule has 58 valence electrons. The molecule has 0 atom stereocenters. The molecule has 0 unspecified atom stereocenters. The number of aliphatic hydroxyl groups excluding tert-OH is 1. The van der Waals surface area contributed by atoms with Gasteiger partial charge in [0, 0.05) is 5.69 Å². The highest BCUT2D eigenvalue weighted by Crippen LogP contribution is 2.07. The van der Waals surface area contributed by atoms with E-state index in [-0.39, 0.29) is 6.61 Å². The third-order valence-electron chi connectivity index (χ3n) is 1.38. The number of hydrogen-bond donors (Lipinski definition) is 3. The van der Waals surface area contributed by atoms with Gasteiger partial charge >= 0.3 is 0 Å². The van der Waals surface area contributed by atoms with E-state index in [1.807, 2.05) is 24.3 Å². The molecule has 0 saturated heterocycles. The van der Waals surface area contributed by atoms with Crippen LogP contribution in [0.2, 0.25) is 0 Å². The highest BCUT2D eigenvalue weighted by atomic mass is 16.3. The SMILES string of the molecule is N=CNc1ccc(CO)cc1. The molecule has 0 heterocycles. The van der Waals surface area contributed by atoms with Gasteiger partial charge in [0.15, 0.2) is 0 Å². The second kappa shape index (κ2) is 3.73. The molecule has 0 fully saturated rings. The van der Waals surface area contributed by atoms with E-state index in [9.17, 15) is 0 Å². The predicted molar refractivity (Wildman–Crippen MR) is 44.8 cm³/mol. The van der Waals surface area contributed by atoms with E-state index in [0.717, 1.165) is 17.6 Å². The van der Waals surface area contributed by atoms with Gasteiger partial charge in [0.1, 0.15) is 0 Å². The van der Waals surface area contributed by atoms with E-state index < -0.39 is 0 Å². The Kier molecular flexibility index (Phi) is 2.63. The van der Waals surface area contributed by atoms with Crippen molar-refractivity contribution in [2.24, 2.45) is 0 Å². The maximum absolute atomic E-state index is 8.69. The molecule has 0 aliphatic heterocycles. The molecule has 11 heavy (non-hydrogen) atoms. The fourth-order valence-electron chi connectivity index (χ4n) is 0.790. The second-order valence-corrected chi connectivity index (χ2v) is 2.14. The van der Waals surface area contributed by atoms with Gasteiger partial charge in [-0.05, 0) is 17.7 Å². The molecule has 0 saturated carbocycles. The molecule has 1 aromatic rings. The first kappa shape index (κ1) is 7.75. The van der Waals surface area contributed by atoms with Crippen molar-refractivity contribution >= 4 is 12.0 Å². The average molecular weight is 150 g/mol. The summed E-state index contributed by atoms with van der Waals surface area (Å²) in [5, 5.41) is 18.2. The summed E-state index contributed by atoms with van der Waals surface area (Å²) in [6.07, 6.45) is 1.12. The Balaban J connectivity index is 2.74. The van der Waals surface area contributed by atoms with Crippen LogP contribution in [-0.2, 0) is 6.61 Å². The minimum atomic E-state index is 0.0604. The van der Waals surface area contributed by atoms with Crippen LogP contribution in [0.5, 0.6) is 0 Å². The van der Waals surface area contributed by atoms with E-state index in [1.165, 1.54) is 0 Å². The largest absolute Gasteiger partial charge is 0.392 e. The highest BCUT2D eigenvalue weighted by molar-refractivity contribution is 5.72. The second-order valence-electron chi connectivity index (χ2n) is 2.14. The minimum absolute atomic E-state index is 0.0604. The minimum Gasteiger partial charge on any atom is -0.392 e. The Morgan fingerprint density at radius 3 is 2.45 bits per heavy atom. The predicted octanol–water partition coefficient (Wildman–Crippen LogP) is 1.20. The van der Waals surface area contributed by atoms with Gasteiger partial charge in [0.25, 0.3) is 0 Å². The third kappa shape index (κ3) is 2.05. The number of rotatable bonds is 3. The van der Waals surface area contributed by atoms with Crippen LogP contribution in [0.1, 0.15) is 5.56 Å². The van der Waals surface area contributed by atoms with Crippen LogP contribution < -0.4 is 5.32 Å². The van der Waals surface area contributed by atoms with Gasteiger partial charge in [-0.3, -0.25) is 5.41 Å². The lowest BCUT2D eigenvalue weighted by Crippen LogP contribution is -1.92. The van der Waals surface area contributed by atoms with Gasteiger partial charge in [0.2, 0.25) is 0 Å². The van der Waals surface area contributed by atoms with Gasteiger partial charge in [-0.1, -0.05) is 12.1 Å². The molecule has 0 aromatic heterocycles. The lowest BCUT2D eigenvalue weighted by atomic mass is 10.2. The van der Waals surface area contributed by atoms with E-state index in [0.29, 0.717) is 0 Å². The molecule has 1 aromatic carbocycles. The normalized spacial score (nSPS) is 9.18. The summed E-state index contributed by atoms with van der Waals surface area (Å²) in [4.78, 5) is 0. The maximum Gasteiger partial charge on any atom is 0.0835 e. The molecule has 3 nitrogen and oxygen atoms in total. The summed E-state index contributed by atoms with van der Waals surface area (Å²) in [5.74, 6) is 0. The van der Waals surface area contributed by atoms with Gasteiger partial charge in [-0.15, -0.1) is 0 Å². The molecule has 0 bridgehead atoms. The summed E-state index contributed by atoms with van der Waals surface area (Å²) >= 11 is 0. The lowest BCUT2D eigenvalue weighted by molar-refractivity contribution is 0.282.